The predicted molar refractivity (Wildman–Crippen MR) is 117 cm³/mol. The Kier molecular flexibility index (Phi) is 4.75. The van der Waals surface area contributed by atoms with Gasteiger partial charge in [0.25, 0.3) is 0 Å². The monoisotopic (exact) mass is 409 g/mol. The number of benzene rings is 1. The number of hydrogen-bond donors (Lipinski definition) is 1. The molecule has 162 valence electrons. The molecule has 0 radical (unpaired) electrons. The quantitative estimate of drug-likeness (QED) is 0.657. The minimum absolute atomic E-state index is 0.00900. The molecule has 4 aliphatic rings. The van der Waals surface area contributed by atoms with Crippen molar-refractivity contribution in [3.05, 3.63) is 29.8 Å². The number of anilines is 1. The molecule has 1 aromatic carbocycles. The van der Waals surface area contributed by atoms with Crippen LogP contribution in [-0.2, 0) is 14.3 Å². The summed E-state index contributed by atoms with van der Waals surface area (Å²) in [6, 6.07) is 8.11. The smallest absolute Gasteiger partial charge is 0.306 e. The van der Waals surface area contributed by atoms with Crippen LogP contribution in [0.25, 0.3) is 0 Å². The van der Waals surface area contributed by atoms with Gasteiger partial charge in [-0.3, -0.25) is 9.59 Å². The number of carbonyl (C=O) groups excluding carboxylic acids is 2. The highest BCUT2D eigenvalue weighted by Gasteiger charge is 2.62. The molecule has 3 saturated carbocycles. The van der Waals surface area contributed by atoms with E-state index in [0.29, 0.717) is 24.2 Å². The van der Waals surface area contributed by atoms with Gasteiger partial charge in [0.1, 0.15) is 6.10 Å². The fourth-order valence-corrected chi connectivity index (χ4v) is 7.85. The molecular formula is C26H35NO3. The maximum absolute atomic E-state index is 13.3. The Hall–Kier alpha value is -1.84. The summed E-state index contributed by atoms with van der Waals surface area (Å²) in [6.45, 7) is 6.82. The van der Waals surface area contributed by atoms with E-state index in [-0.39, 0.29) is 34.7 Å². The van der Waals surface area contributed by atoms with Crippen LogP contribution >= 0.6 is 0 Å². The number of ether oxygens (including phenoxy) is 1. The number of nitrogens with one attached hydrogen (secondary N) is 1. The lowest BCUT2D eigenvalue weighted by Gasteiger charge is -2.59. The number of hydrogen-bond acceptors (Lipinski definition) is 3. The van der Waals surface area contributed by atoms with Crippen LogP contribution in [-0.4, -0.2) is 18.0 Å². The Bertz CT molecular complexity index is 848. The minimum atomic E-state index is -0.00900. The molecule has 1 N–H and O–H groups in total. The van der Waals surface area contributed by atoms with Crippen molar-refractivity contribution in [2.24, 2.45) is 34.5 Å². The number of amides is 1. The molecule has 3 aliphatic carbocycles. The van der Waals surface area contributed by atoms with Crippen molar-refractivity contribution in [3.8, 4) is 0 Å². The first-order valence-electron chi connectivity index (χ1n) is 11.9. The second-order valence-corrected chi connectivity index (χ2v) is 11.0. The van der Waals surface area contributed by atoms with Crippen molar-refractivity contribution in [2.45, 2.75) is 78.2 Å². The third kappa shape index (κ3) is 3.01. The lowest BCUT2D eigenvalue weighted by atomic mass is 9.47. The summed E-state index contributed by atoms with van der Waals surface area (Å²) in [5, 5.41) is 3.20. The topological polar surface area (TPSA) is 55.4 Å². The van der Waals surface area contributed by atoms with Crippen molar-refractivity contribution < 1.29 is 14.3 Å². The Morgan fingerprint density at radius 1 is 0.967 bits per heavy atom. The van der Waals surface area contributed by atoms with Crippen LogP contribution in [0.2, 0.25) is 0 Å². The zero-order chi connectivity index (χ0) is 21.1. The van der Waals surface area contributed by atoms with E-state index in [0.717, 1.165) is 50.6 Å². The van der Waals surface area contributed by atoms with Gasteiger partial charge in [-0.15, -0.1) is 0 Å². The summed E-state index contributed by atoms with van der Waals surface area (Å²) in [5.41, 5.74) is 2.32. The number of carbonyl (C=O) groups is 2. The highest BCUT2D eigenvalue weighted by Crippen LogP contribution is 2.66. The van der Waals surface area contributed by atoms with E-state index in [4.69, 9.17) is 4.74 Å². The van der Waals surface area contributed by atoms with E-state index in [9.17, 15) is 9.59 Å². The molecule has 0 aromatic heterocycles. The van der Waals surface area contributed by atoms with Gasteiger partial charge >= 0.3 is 5.97 Å². The van der Waals surface area contributed by atoms with E-state index < -0.39 is 0 Å². The second kappa shape index (κ2) is 7.10. The van der Waals surface area contributed by atoms with E-state index >= 15 is 0 Å². The molecule has 1 saturated heterocycles. The first-order valence-corrected chi connectivity index (χ1v) is 11.9. The van der Waals surface area contributed by atoms with Crippen molar-refractivity contribution in [3.63, 3.8) is 0 Å². The van der Waals surface area contributed by atoms with Crippen LogP contribution in [0.1, 0.15) is 70.8 Å². The highest BCUT2D eigenvalue weighted by molar-refractivity contribution is 5.93. The van der Waals surface area contributed by atoms with Gasteiger partial charge in [-0.2, -0.15) is 0 Å². The molecule has 0 bridgehead atoms. The SMILES string of the molecule is Cc1ccc(NC(=O)[C@H]2CCC3C4CC[C@H]5OC(=O)CC[C@]5(C)C4CC[C@@]32C)cc1. The van der Waals surface area contributed by atoms with E-state index in [2.05, 4.69) is 38.2 Å². The van der Waals surface area contributed by atoms with Crippen molar-refractivity contribution in [2.75, 3.05) is 5.32 Å². The van der Waals surface area contributed by atoms with Crippen molar-refractivity contribution in [1.82, 2.24) is 0 Å². The average Bonchev–Trinajstić information content (AvgIpc) is 3.07. The number of fused-ring (bicyclic) bond motifs is 5. The number of esters is 1. The molecule has 3 unspecified atom stereocenters. The van der Waals surface area contributed by atoms with E-state index in [1.807, 2.05) is 12.1 Å². The van der Waals surface area contributed by atoms with E-state index in [1.54, 1.807) is 0 Å². The molecule has 0 spiro atoms. The average molecular weight is 410 g/mol. The highest BCUT2D eigenvalue weighted by atomic mass is 16.5. The van der Waals surface area contributed by atoms with Crippen LogP contribution in [0, 0.1) is 41.4 Å². The molecule has 1 heterocycles. The zero-order valence-corrected chi connectivity index (χ0v) is 18.6. The molecule has 7 atom stereocenters. The molecule has 4 fully saturated rings. The Balaban J connectivity index is 1.34. The van der Waals surface area contributed by atoms with Crippen molar-refractivity contribution >= 4 is 17.6 Å². The molecule has 4 heteroatoms. The van der Waals surface area contributed by atoms with Gasteiger partial charge in [0.05, 0.1) is 0 Å². The van der Waals surface area contributed by atoms with Gasteiger partial charge in [0.2, 0.25) is 5.91 Å². The van der Waals surface area contributed by atoms with Crippen LogP contribution in [0.15, 0.2) is 24.3 Å². The number of aryl methyl sites for hydroxylation is 1. The maximum atomic E-state index is 13.3. The Morgan fingerprint density at radius 2 is 1.70 bits per heavy atom. The third-order valence-electron chi connectivity index (χ3n) is 9.56. The van der Waals surface area contributed by atoms with Gasteiger partial charge in [-0.05, 0) is 87.2 Å². The van der Waals surface area contributed by atoms with Gasteiger partial charge in [0.15, 0.2) is 0 Å². The van der Waals surface area contributed by atoms with Crippen LogP contribution < -0.4 is 5.32 Å². The lowest BCUT2D eigenvalue weighted by molar-refractivity contribution is -0.192. The fraction of sp³-hybridized carbons (Fsp3) is 0.692. The Morgan fingerprint density at radius 3 is 2.47 bits per heavy atom. The zero-order valence-electron chi connectivity index (χ0n) is 18.6. The summed E-state index contributed by atoms with van der Waals surface area (Å²) in [4.78, 5) is 25.2. The lowest BCUT2D eigenvalue weighted by Crippen LogP contribution is -2.56. The van der Waals surface area contributed by atoms with Gasteiger partial charge in [0, 0.05) is 23.4 Å². The molecule has 1 aromatic rings. The Labute approximate surface area is 180 Å². The summed E-state index contributed by atoms with van der Waals surface area (Å²) < 4.78 is 5.81. The largest absolute Gasteiger partial charge is 0.462 e. The minimum Gasteiger partial charge on any atom is -0.462 e. The van der Waals surface area contributed by atoms with Crippen LogP contribution in [0.4, 0.5) is 5.69 Å². The molecule has 5 rings (SSSR count). The van der Waals surface area contributed by atoms with Crippen molar-refractivity contribution in [1.29, 1.82) is 0 Å². The molecule has 4 nitrogen and oxygen atoms in total. The van der Waals surface area contributed by atoms with Crippen LogP contribution in [0.5, 0.6) is 0 Å². The predicted octanol–water partition coefficient (Wildman–Crippen LogP) is 5.50. The first kappa shape index (κ1) is 20.1. The summed E-state index contributed by atoms with van der Waals surface area (Å²) in [6.07, 6.45) is 8.21. The first-order chi connectivity index (χ1) is 14.3. The fourth-order valence-electron chi connectivity index (χ4n) is 7.85. The number of rotatable bonds is 2. The van der Waals surface area contributed by atoms with Gasteiger partial charge in [-0.1, -0.05) is 31.5 Å². The normalized spacial score (nSPS) is 42.5. The summed E-state index contributed by atoms with van der Waals surface area (Å²) >= 11 is 0. The second-order valence-electron chi connectivity index (χ2n) is 11.0. The standard InChI is InChI=1S/C26H35NO3/c1-16-4-6-17(7-5-16)27-24(29)21-10-9-19-18-8-11-22-26(3,15-13-23(28)30-22)20(18)12-14-25(19,21)2/h4-7,18-22H,8-15H2,1-3H3,(H,27,29)/t18?,19?,20?,21-,22-,25+,26-/m1/s1. The summed E-state index contributed by atoms with van der Waals surface area (Å²) in [5.74, 6) is 2.19. The maximum Gasteiger partial charge on any atom is 0.306 e. The molecule has 30 heavy (non-hydrogen) atoms. The van der Waals surface area contributed by atoms with Gasteiger partial charge in [-0.25, -0.2) is 0 Å². The third-order valence-corrected chi connectivity index (χ3v) is 9.56. The summed E-state index contributed by atoms with van der Waals surface area (Å²) in [7, 11) is 0. The molecule has 1 aliphatic heterocycles. The molecule has 1 amide bonds. The van der Waals surface area contributed by atoms with Crippen LogP contribution in [0.3, 0.4) is 0 Å². The van der Waals surface area contributed by atoms with Gasteiger partial charge < -0.3 is 10.1 Å². The molecular weight excluding hydrogens is 374 g/mol. The van der Waals surface area contributed by atoms with E-state index in [1.165, 1.54) is 5.56 Å².